The first-order valence-corrected chi connectivity index (χ1v) is 9.89. The predicted octanol–water partition coefficient (Wildman–Crippen LogP) is 3.81. The van der Waals surface area contributed by atoms with Crippen LogP contribution in [0, 0.1) is 0 Å². The highest BCUT2D eigenvalue weighted by Crippen LogP contribution is 2.29. The number of alkyl halides is 3. The maximum absolute atomic E-state index is 12.5. The first-order valence-electron chi connectivity index (χ1n) is 7.57. The molecule has 1 aromatic heterocycles. The molecule has 142 valence electrons. The molecule has 5 nitrogen and oxygen atoms in total. The number of nitrogens with one attached hydrogen (secondary N) is 1. The number of carbonyl (C=O) groups is 1. The molecule has 0 bridgehead atoms. The molecule has 0 atom stereocenters. The van der Waals surface area contributed by atoms with E-state index in [1.54, 1.807) is 11.4 Å². The van der Waals surface area contributed by atoms with Gasteiger partial charge in [0.05, 0.1) is 5.56 Å². The molecular weight excluding hydrogens is 389 g/mol. The SMILES string of the molecule is CN(CCCC(=O)Nc1ccc(C(F)(F)F)cc1)S(=O)(=O)c1cccs1. The molecule has 26 heavy (non-hydrogen) atoms. The molecular formula is C16H17F3N2O3S2. The van der Waals surface area contributed by atoms with Crippen LogP contribution in [0.2, 0.25) is 0 Å². The first-order chi connectivity index (χ1) is 12.1. The van der Waals surface area contributed by atoms with Gasteiger partial charge in [-0.1, -0.05) is 6.07 Å². The Morgan fingerprint density at radius 2 is 1.85 bits per heavy atom. The van der Waals surface area contributed by atoms with Crippen molar-refractivity contribution in [3.63, 3.8) is 0 Å². The van der Waals surface area contributed by atoms with Gasteiger partial charge in [-0.15, -0.1) is 11.3 Å². The van der Waals surface area contributed by atoms with Gasteiger partial charge >= 0.3 is 6.18 Å². The number of benzene rings is 1. The Bertz CT molecular complexity index is 833. The molecule has 0 unspecified atom stereocenters. The van der Waals surface area contributed by atoms with Crippen molar-refractivity contribution in [3.05, 3.63) is 47.3 Å². The van der Waals surface area contributed by atoms with Crippen LogP contribution in [-0.4, -0.2) is 32.2 Å². The third-order valence-electron chi connectivity index (χ3n) is 3.53. The number of sulfonamides is 1. The van der Waals surface area contributed by atoms with Crippen LogP contribution in [0.5, 0.6) is 0 Å². The summed E-state index contributed by atoms with van der Waals surface area (Å²) in [5.41, 5.74) is -0.543. The molecule has 1 N–H and O–H groups in total. The zero-order chi connectivity index (χ0) is 19.4. The van der Waals surface area contributed by atoms with Crippen LogP contribution in [0.15, 0.2) is 46.0 Å². The van der Waals surface area contributed by atoms with E-state index in [0.717, 1.165) is 23.5 Å². The highest BCUT2D eigenvalue weighted by molar-refractivity contribution is 7.91. The van der Waals surface area contributed by atoms with Gasteiger partial charge in [0, 0.05) is 25.7 Å². The number of amides is 1. The summed E-state index contributed by atoms with van der Waals surface area (Å²) in [4.78, 5) is 11.9. The zero-order valence-corrected chi connectivity index (χ0v) is 15.4. The number of nitrogens with zero attached hydrogens (tertiary/aromatic N) is 1. The maximum atomic E-state index is 12.5. The standard InChI is InChI=1S/C16H17F3N2O3S2/c1-21(26(23,24)15-5-3-11-25-15)10-2-4-14(22)20-13-8-6-12(7-9-13)16(17,18)19/h3,5-9,11H,2,4,10H2,1H3,(H,20,22). The summed E-state index contributed by atoms with van der Waals surface area (Å²) in [6.07, 6.45) is -4.10. The fourth-order valence-electron chi connectivity index (χ4n) is 2.11. The van der Waals surface area contributed by atoms with Crippen LogP contribution in [0.4, 0.5) is 18.9 Å². The van der Waals surface area contributed by atoms with Crippen LogP contribution in [-0.2, 0) is 21.0 Å². The Labute approximate surface area is 153 Å². The average molecular weight is 406 g/mol. The van der Waals surface area contributed by atoms with Crippen LogP contribution >= 0.6 is 11.3 Å². The lowest BCUT2D eigenvalue weighted by atomic mass is 10.2. The molecule has 0 radical (unpaired) electrons. The van der Waals surface area contributed by atoms with Crippen molar-refractivity contribution in [1.82, 2.24) is 4.31 Å². The molecule has 0 aliphatic carbocycles. The summed E-state index contributed by atoms with van der Waals surface area (Å²) in [5, 5.41) is 4.15. The number of hydrogen-bond acceptors (Lipinski definition) is 4. The van der Waals surface area contributed by atoms with Gasteiger partial charge in [-0.2, -0.15) is 13.2 Å². The number of anilines is 1. The van der Waals surface area contributed by atoms with E-state index in [1.165, 1.54) is 29.6 Å². The highest BCUT2D eigenvalue weighted by atomic mass is 32.2. The average Bonchev–Trinajstić information content (AvgIpc) is 3.09. The van der Waals surface area contributed by atoms with Gasteiger partial charge < -0.3 is 5.32 Å². The first kappa shape index (κ1) is 20.4. The normalized spacial score (nSPS) is 12.3. The summed E-state index contributed by atoms with van der Waals surface area (Å²) in [5.74, 6) is -0.397. The second-order valence-corrected chi connectivity index (χ2v) is 8.70. The summed E-state index contributed by atoms with van der Waals surface area (Å²) < 4.78 is 63.3. The minimum Gasteiger partial charge on any atom is -0.326 e. The van der Waals surface area contributed by atoms with Gasteiger partial charge in [-0.3, -0.25) is 4.79 Å². The number of rotatable bonds is 7. The zero-order valence-electron chi connectivity index (χ0n) is 13.8. The molecule has 2 aromatic rings. The van der Waals surface area contributed by atoms with Crippen LogP contribution in [0.25, 0.3) is 0 Å². The third kappa shape index (κ3) is 5.29. The molecule has 1 amide bonds. The van der Waals surface area contributed by atoms with Gasteiger partial charge in [-0.05, 0) is 42.1 Å². The van der Waals surface area contributed by atoms with Gasteiger partial charge in [-0.25, -0.2) is 12.7 Å². The van der Waals surface area contributed by atoms with E-state index in [0.29, 0.717) is 0 Å². The minimum absolute atomic E-state index is 0.0469. The smallest absolute Gasteiger partial charge is 0.326 e. The van der Waals surface area contributed by atoms with E-state index in [-0.39, 0.29) is 29.3 Å². The molecule has 0 aliphatic rings. The summed E-state index contributed by atoms with van der Waals surface area (Å²) >= 11 is 1.11. The van der Waals surface area contributed by atoms with Crippen molar-refractivity contribution >= 4 is 33.0 Å². The minimum atomic E-state index is -4.43. The Morgan fingerprint density at radius 1 is 1.19 bits per heavy atom. The van der Waals surface area contributed by atoms with Crippen molar-refractivity contribution < 1.29 is 26.4 Å². The Kier molecular flexibility index (Phi) is 6.43. The Balaban J connectivity index is 1.82. The largest absolute Gasteiger partial charge is 0.416 e. The van der Waals surface area contributed by atoms with Crippen LogP contribution in [0.3, 0.4) is 0 Å². The fourth-order valence-corrected chi connectivity index (χ4v) is 4.52. The maximum Gasteiger partial charge on any atom is 0.416 e. The van der Waals surface area contributed by atoms with Crippen molar-refractivity contribution in [1.29, 1.82) is 0 Å². The molecule has 2 rings (SSSR count). The molecule has 0 saturated carbocycles. The lowest BCUT2D eigenvalue weighted by molar-refractivity contribution is -0.137. The van der Waals surface area contributed by atoms with Gasteiger partial charge in [0.2, 0.25) is 5.91 Å². The molecule has 0 fully saturated rings. The fraction of sp³-hybridized carbons (Fsp3) is 0.312. The van der Waals surface area contributed by atoms with E-state index in [4.69, 9.17) is 0 Å². The van der Waals surface area contributed by atoms with E-state index in [2.05, 4.69) is 5.32 Å². The summed E-state index contributed by atoms with van der Waals surface area (Å²) in [6.45, 7) is 0.153. The number of carbonyl (C=O) groups excluding carboxylic acids is 1. The monoisotopic (exact) mass is 406 g/mol. The van der Waals surface area contributed by atoms with E-state index < -0.39 is 27.7 Å². The van der Waals surface area contributed by atoms with E-state index in [9.17, 15) is 26.4 Å². The predicted molar refractivity (Wildman–Crippen MR) is 93.4 cm³/mol. The van der Waals surface area contributed by atoms with Crippen LogP contribution in [0.1, 0.15) is 18.4 Å². The lowest BCUT2D eigenvalue weighted by Gasteiger charge is -2.15. The molecule has 10 heteroatoms. The number of thiophene rings is 1. The second kappa shape index (κ2) is 8.19. The lowest BCUT2D eigenvalue weighted by Crippen LogP contribution is -2.28. The van der Waals surface area contributed by atoms with Crippen molar-refractivity contribution in [3.8, 4) is 0 Å². The van der Waals surface area contributed by atoms with Gasteiger partial charge in [0.15, 0.2) is 0 Å². The molecule has 0 spiro atoms. The number of hydrogen-bond donors (Lipinski definition) is 1. The van der Waals surface area contributed by atoms with Gasteiger partial charge in [0.25, 0.3) is 10.0 Å². The van der Waals surface area contributed by atoms with Crippen molar-refractivity contribution in [2.24, 2.45) is 0 Å². The number of halogens is 3. The van der Waals surface area contributed by atoms with Gasteiger partial charge in [0.1, 0.15) is 4.21 Å². The summed E-state index contributed by atoms with van der Waals surface area (Å²) in [7, 11) is -2.12. The molecule has 0 aliphatic heterocycles. The van der Waals surface area contributed by atoms with E-state index >= 15 is 0 Å². The second-order valence-electron chi connectivity index (χ2n) is 5.49. The van der Waals surface area contributed by atoms with Crippen LogP contribution < -0.4 is 5.32 Å². The topological polar surface area (TPSA) is 66.5 Å². The highest BCUT2D eigenvalue weighted by Gasteiger charge is 2.30. The summed E-state index contributed by atoms with van der Waals surface area (Å²) in [6, 6.07) is 7.27. The Hall–Kier alpha value is -1.91. The molecule has 1 heterocycles. The quantitative estimate of drug-likeness (QED) is 0.761. The third-order valence-corrected chi connectivity index (χ3v) is 6.76. The van der Waals surface area contributed by atoms with Crippen molar-refractivity contribution in [2.75, 3.05) is 18.9 Å². The molecule has 0 saturated heterocycles. The molecule has 1 aromatic carbocycles. The van der Waals surface area contributed by atoms with E-state index in [1.807, 2.05) is 0 Å². The van der Waals surface area contributed by atoms with Crippen molar-refractivity contribution in [2.45, 2.75) is 23.2 Å². The Morgan fingerprint density at radius 3 is 2.38 bits per heavy atom.